The van der Waals surface area contributed by atoms with E-state index in [0.717, 1.165) is 47.2 Å². The van der Waals surface area contributed by atoms with Crippen molar-refractivity contribution >= 4 is 52.2 Å². The Morgan fingerprint density at radius 2 is 1.77 bits per heavy atom. The molecule has 2 aromatic carbocycles. The van der Waals surface area contributed by atoms with Gasteiger partial charge in [0.15, 0.2) is 0 Å². The van der Waals surface area contributed by atoms with Gasteiger partial charge in [-0.1, -0.05) is 48.7 Å². The molecule has 0 aliphatic carbocycles. The molecule has 0 atom stereocenters. The summed E-state index contributed by atoms with van der Waals surface area (Å²) >= 11 is 13.3. The minimum Gasteiger partial charge on any atom is -0.493 e. The first kappa shape index (κ1) is 22.5. The van der Waals surface area contributed by atoms with Gasteiger partial charge in [0.2, 0.25) is 0 Å². The Morgan fingerprint density at radius 3 is 2.43 bits per heavy atom. The molecule has 1 fully saturated rings. The lowest BCUT2D eigenvalue weighted by Gasteiger charge is -2.14. The van der Waals surface area contributed by atoms with Gasteiger partial charge < -0.3 is 9.47 Å². The SMILES string of the molecule is CCCc1c(OCCCOc2ccc(C=C3SC(=O)NC3=O)cc2)ccc(Cl)c1Cl. The van der Waals surface area contributed by atoms with E-state index in [1.807, 2.05) is 30.3 Å². The number of benzene rings is 2. The lowest BCUT2D eigenvalue weighted by molar-refractivity contribution is -0.115. The molecule has 0 bridgehead atoms. The van der Waals surface area contributed by atoms with E-state index in [1.54, 1.807) is 12.1 Å². The molecule has 0 radical (unpaired) electrons. The van der Waals surface area contributed by atoms with Crippen LogP contribution in [0, 0.1) is 0 Å². The third-order valence-electron chi connectivity index (χ3n) is 4.29. The van der Waals surface area contributed by atoms with Gasteiger partial charge in [0.25, 0.3) is 11.1 Å². The van der Waals surface area contributed by atoms with Crippen molar-refractivity contribution in [2.45, 2.75) is 26.2 Å². The fraction of sp³-hybridized carbons (Fsp3) is 0.273. The van der Waals surface area contributed by atoms with E-state index in [1.165, 1.54) is 0 Å². The molecule has 8 heteroatoms. The number of carbonyl (C=O) groups excluding carboxylic acids is 2. The highest BCUT2D eigenvalue weighted by Gasteiger charge is 2.24. The summed E-state index contributed by atoms with van der Waals surface area (Å²) in [6.07, 6.45) is 4.14. The number of amides is 2. The Balaban J connectivity index is 1.46. The number of hydrogen-bond donors (Lipinski definition) is 1. The Bertz CT molecular complexity index is 960. The van der Waals surface area contributed by atoms with E-state index in [9.17, 15) is 9.59 Å². The molecule has 2 amide bonds. The van der Waals surface area contributed by atoms with Crippen molar-refractivity contribution in [3.63, 3.8) is 0 Å². The minimum absolute atomic E-state index is 0.351. The Hall–Kier alpha value is -2.15. The summed E-state index contributed by atoms with van der Waals surface area (Å²) in [5.41, 5.74) is 1.76. The fourth-order valence-corrected chi connectivity index (χ4v) is 3.97. The van der Waals surface area contributed by atoms with Crippen molar-refractivity contribution in [1.82, 2.24) is 5.32 Å². The molecule has 2 aromatic rings. The number of halogens is 2. The van der Waals surface area contributed by atoms with Gasteiger partial charge in [0.05, 0.1) is 28.2 Å². The monoisotopic (exact) mass is 465 g/mol. The van der Waals surface area contributed by atoms with Gasteiger partial charge in [-0.15, -0.1) is 0 Å². The normalized spacial score (nSPS) is 14.8. The predicted molar refractivity (Wildman–Crippen MR) is 122 cm³/mol. The number of thioether (sulfide) groups is 1. The largest absolute Gasteiger partial charge is 0.493 e. The molecule has 0 spiro atoms. The van der Waals surface area contributed by atoms with Crippen LogP contribution in [0.1, 0.15) is 30.9 Å². The Kier molecular flexibility index (Phi) is 8.08. The first-order valence-corrected chi connectivity index (χ1v) is 11.1. The molecule has 1 saturated heterocycles. The second kappa shape index (κ2) is 10.8. The smallest absolute Gasteiger partial charge is 0.290 e. The third-order valence-corrected chi connectivity index (χ3v) is 5.94. The van der Waals surface area contributed by atoms with Crippen molar-refractivity contribution in [3.8, 4) is 11.5 Å². The van der Waals surface area contributed by atoms with Crippen molar-refractivity contribution in [2.75, 3.05) is 13.2 Å². The first-order valence-electron chi connectivity index (χ1n) is 9.55. The van der Waals surface area contributed by atoms with Crippen LogP contribution in [0.5, 0.6) is 11.5 Å². The summed E-state index contributed by atoms with van der Waals surface area (Å²) in [7, 11) is 0. The summed E-state index contributed by atoms with van der Waals surface area (Å²) in [4.78, 5) is 23.2. The second-order valence-corrected chi connectivity index (χ2v) is 8.36. The van der Waals surface area contributed by atoms with Crippen LogP contribution >= 0.6 is 35.0 Å². The summed E-state index contributed by atoms with van der Waals surface area (Å²) in [5.74, 6) is 1.11. The maximum atomic E-state index is 11.6. The van der Waals surface area contributed by atoms with Crippen LogP contribution in [0.2, 0.25) is 10.0 Å². The lowest BCUT2D eigenvalue weighted by atomic mass is 10.1. The molecule has 5 nitrogen and oxygen atoms in total. The van der Waals surface area contributed by atoms with Crippen LogP contribution in [0.4, 0.5) is 4.79 Å². The number of carbonyl (C=O) groups is 2. The summed E-state index contributed by atoms with van der Waals surface area (Å²) < 4.78 is 11.6. The van der Waals surface area contributed by atoms with Crippen molar-refractivity contribution in [3.05, 3.63) is 62.5 Å². The second-order valence-electron chi connectivity index (χ2n) is 6.56. The molecule has 1 aliphatic heterocycles. The van der Waals surface area contributed by atoms with E-state index in [4.69, 9.17) is 32.7 Å². The van der Waals surface area contributed by atoms with Crippen LogP contribution in [-0.2, 0) is 11.2 Å². The molecule has 3 rings (SSSR count). The van der Waals surface area contributed by atoms with Crippen molar-refractivity contribution in [2.24, 2.45) is 0 Å². The maximum absolute atomic E-state index is 11.6. The van der Waals surface area contributed by atoms with Crippen LogP contribution in [0.25, 0.3) is 6.08 Å². The van der Waals surface area contributed by atoms with Gasteiger partial charge >= 0.3 is 0 Å². The summed E-state index contributed by atoms with van der Waals surface area (Å²) in [6.45, 7) is 3.08. The third kappa shape index (κ3) is 5.94. The summed E-state index contributed by atoms with van der Waals surface area (Å²) in [5, 5.41) is 2.97. The Labute approximate surface area is 189 Å². The average Bonchev–Trinajstić information content (AvgIpc) is 3.04. The van der Waals surface area contributed by atoms with Gasteiger partial charge in [-0.25, -0.2) is 0 Å². The van der Waals surface area contributed by atoms with Gasteiger partial charge in [-0.3, -0.25) is 14.9 Å². The standard InChI is InChI=1S/C22H21Cl2NO4S/c1-2-4-16-18(10-9-17(23)20(16)24)29-12-3-11-28-15-7-5-14(6-8-15)13-19-21(26)25-22(27)30-19/h5-10,13H,2-4,11-12H2,1H3,(H,25,26,27). The molecule has 0 aromatic heterocycles. The molecule has 158 valence electrons. The Morgan fingerprint density at radius 1 is 1.03 bits per heavy atom. The number of hydrogen-bond acceptors (Lipinski definition) is 5. The zero-order valence-electron chi connectivity index (χ0n) is 16.4. The van der Waals surface area contributed by atoms with Gasteiger partial charge in [0.1, 0.15) is 11.5 Å². The molecule has 1 heterocycles. The number of nitrogens with one attached hydrogen (secondary N) is 1. The molecule has 1 aliphatic rings. The molecular weight excluding hydrogens is 445 g/mol. The number of ether oxygens (including phenoxy) is 2. The fourth-order valence-electron chi connectivity index (χ4n) is 2.86. The van der Waals surface area contributed by atoms with Gasteiger partial charge in [-0.2, -0.15) is 0 Å². The quantitative estimate of drug-likeness (QED) is 0.357. The van der Waals surface area contributed by atoms with Crippen LogP contribution in [0.15, 0.2) is 41.3 Å². The highest BCUT2D eigenvalue weighted by Crippen LogP contribution is 2.34. The first-order chi connectivity index (χ1) is 14.5. The number of rotatable bonds is 9. The van der Waals surface area contributed by atoms with Crippen molar-refractivity contribution in [1.29, 1.82) is 0 Å². The van der Waals surface area contributed by atoms with Crippen LogP contribution in [-0.4, -0.2) is 24.4 Å². The van der Waals surface area contributed by atoms with E-state index >= 15 is 0 Å². The molecule has 30 heavy (non-hydrogen) atoms. The van der Waals surface area contributed by atoms with Gasteiger partial charge in [0, 0.05) is 12.0 Å². The van der Waals surface area contributed by atoms with E-state index < -0.39 is 0 Å². The molecular formula is C22H21Cl2NO4S. The van der Waals surface area contributed by atoms with Crippen LogP contribution in [0.3, 0.4) is 0 Å². The predicted octanol–water partition coefficient (Wildman–Crippen LogP) is 6.12. The zero-order chi connectivity index (χ0) is 21.5. The van der Waals surface area contributed by atoms with E-state index in [-0.39, 0.29) is 11.1 Å². The molecule has 0 unspecified atom stereocenters. The average molecular weight is 466 g/mol. The highest BCUT2D eigenvalue weighted by atomic mass is 35.5. The van der Waals surface area contributed by atoms with Gasteiger partial charge in [-0.05, 0) is 54.1 Å². The number of imide groups is 1. The summed E-state index contributed by atoms with van der Waals surface area (Å²) in [6, 6.07) is 10.9. The lowest BCUT2D eigenvalue weighted by Crippen LogP contribution is -2.17. The zero-order valence-corrected chi connectivity index (χ0v) is 18.7. The van der Waals surface area contributed by atoms with E-state index in [2.05, 4.69) is 12.2 Å². The molecule has 1 N–H and O–H groups in total. The highest BCUT2D eigenvalue weighted by molar-refractivity contribution is 8.18. The van der Waals surface area contributed by atoms with E-state index in [0.29, 0.717) is 34.6 Å². The topological polar surface area (TPSA) is 64.6 Å². The van der Waals surface area contributed by atoms with Crippen molar-refractivity contribution < 1.29 is 19.1 Å². The minimum atomic E-state index is -0.366. The molecule has 0 saturated carbocycles. The maximum Gasteiger partial charge on any atom is 0.290 e. The van der Waals surface area contributed by atoms with Crippen LogP contribution < -0.4 is 14.8 Å².